The molecule has 3 nitrogen and oxygen atoms in total. The summed E-state index contributed by atoms with van der Waals surface area (Å²) in [5.41, 5.74) is 2.01. The van der Waals surface area contributed by atoms with E-state index < -0.39 is 0 Å². The molecule has 98 valence electrons. The van der Waals surface area contributed by atoms with Gasteiger partial charge in [-0.2, -0.15) is 0 Å². The van der Waals surface area contributed by atoms with Crippen LogP contribution in [0.25, 0.3) is 0 Å². The van der Waals surface area contributed by atoms with Crippen LogP contribution >= 0.6 is 11.3 Å². The Labute approximate surface area is 116 Å². The summed E-state index contributed by atoms with van der Waals surface area (Å²) in [6.45, 7) is 2.44. The highest BCUT2D eigenvalue weighted by Gasteiger charge is 2.26. The van der Waals surface area contributed by atoms with Crippen molar-refractivity contribution in [2.75, 3.05) is 6.61 Å². The number of fused-ring (bicyclic) bond motifs is 1. The standard InChI is InChI=1S/C15H15NO2S/c1-10-16-13(9-19-10)7-14(17)12-6-11-4-2-3-5-15(11)18-8-12/h2-5,9,12H,6-8H2,1H3. The average molecular weight is 273 g/mol. The van der Waals surface area contributed by atoms with Gasteiger partial charge in [0.25, 0.3) is 0 Å². The van der Waals surface area contributed by atoms with Crippen LogP contribution in [0.5, 0.6) is 5.75 Å². The molecule has 1 unspecified atom stereocenters. The van der Waals surface area contributed by atoms with Gasteiger partial charge in [0.1, 0.15) is 11.5 Å². The Hall–Kier alpha value is -1.68. The summed E-state index contributed by atoms with van der Waals surface area (Å²) in [6, 6.07) is 7.93. The van der Waals surface area contributed by atoms with Crippen molar-refractivity contribution < 1.29 is 9.53 Å². The highest BCUT2D eigenvalue weighted by atomic mass is 32.1. The Morgan fingerprint density at radius 3 is 3.11 bits per heavy atom. The molecule has 3 rings (SSSR count). The van der Waals surface area contributed by atoms with Crippen molar-refractivity contribution in [2.24, 2.45) is 5.92 Å². The first-order chi connectivity index (χ1) is 9.22. The lowest BCUT2D eigenvalue weighted by Gasteiger charge is -2.24. The zero-order valence-electron chi connectivity index (χ0n) is 10.8. The Kier molecular flexibility index (Phi) is 3.34. The van der Waals surface area contributed by atoms with E-state index in [1.807, 2.05) is 36.6 Å². The molecule has 0 saturated carbocycles. The molecule has 0 amide bonds. The van der Waals surface area contributed by atoms with Crippen molar-refractivity contribution >= 4 is 17.1 Å². The van der Waals surface area contributed by atoms with Gasteiger partial charge in [0.15, 0.2) is 0 Å². The largest absolute Gasteiger partial charge is 0.493 e. The van der Waals surface area contributed by atoms with E-state index in [1.54, 1.807) is 11.3 Å². The van der Waals surface area contributed by atoms with Gasteiger partial charge in [-0.05, 0) is 25.0 Å². The van der Waals surface area contributed by atoms with Crippen LogP contribution in [0.3, 0.4) is 0 Å². The van der Waals surface area contributed by atoms with Crippen LogP contribution in [0.15, 0.2) is 29.6 Å². The van der Waals surface area contributed by atoms with Crippen molar-refractivity contribution in [3.63, 3.8) is 0 Å². The van der Waals surface area contributed by atoms with Crippen molar-refractivity contribution in [1.82, 2.24) is 4.98 Å². The van der Waals surface area contributed by atoms with Crippen molar-refractivity contribution in [1.29, 1.82) is 0 Å². The Morgan fingerprint density at radius 1 is 1.47 bits per heavy atom. The Morgan fingerprint density at radius 2 is 2.32 bits per heavy atom. The van der Waals surface area contributed by atoms with Gasteiger partial charge >= 0.3 is 0 Å². The van der Waals surface area contributed by atoms with Crippen molar-refractivity contribution in [3.8, 4) is 5.75 Å². The van der Waals surface area contributed by atoms with Crippen LogP contribution in [-0.4, -0.2) is 17.4 Å². The van der Waals surface area contributed by atoms with Gasteiger partial charge < -0.3 is 4.74 Å². The number of para-hydroxylation sites is 1. The van der Waals surface area contributed by atoms with Crippen LogP contribution in [0, 0.1) is 12.8 Å². The molecule has 4 heteroatoms. The predicted molar refractivity (Wildman–Crippen MR) is 74.7 cm³/mol. The fourth-order valence-corrected chi connectivity index (χ4v) is 2.96. The van der Waals surface area contributed by atoms with Crippen LogP contribution in [-0.2, 0) is 17.6 Å². The number of aryl methyl sites for hydroxylation is 1. The number of Topliss-reactive ketones (excluding diaryl/α,β-unsaturated/α-hetero) is 1. The monoisotopic (exact) mass is 273 g/mol. The lowest BCUT2D eigenvalue weighted by atomic mass is 9.91. The highest BCUT2D eigenvalue weighted by molar-refractivity contribution is 7.09. The normalized spacial score (nSPS) is 17.6. The number of hydrogen-bond donors (Lipinski definition) is 0. The molecule has 1 aliphatic heterocycles. The van der Waals surface area contributed by atoms with E-state index >= 15 is 0 Å². The Balaban J connectivity index is 1.69. The number of ether oxygens (including phenoxy) is 1. The molecule has 0 N–H and O–H groups in total. The fourth-order valence-electron chi connectivity index (χ4n) is 2.35. The van der Waals surface area contributed by atoms with Crippen molar-refractivity contribution in [3.05, 3.63) is 45.9 Å². The van der Waals surface area contributed by atoms with Gasteiger partial charge in [-0.15, -0.1) is 11.3 Å². The average Bonchev–Trinajstić information content (AvgIpc) is 2.83. The number of aromatic nitrogens is 1. The fraction of sp³-hybridized carbons (Fsp3) is 0.333. The van der Waals surface area contributed by atoms with Crippen LogP contribution in [0.2, 0.25) is 0 Å². The minimum absolute atomic E-state index is 0.0445. The minimum atomic E-state index is -0.0445. The zero-order valence-corrected chi connectivity index (χ0v) is 11.6. The summed E-state index contributed by atoms with van der Waals surface area (Å²) in [6.07, 6.45) is 1.19. The summed E-state index contributed by atoms with van der Waals surface area (Å²) >= 11 is 1.59. The number of carbonyl (C=O) groups excluding carboxylic acids is 1. The number of nitrogens with zero attached hydrogens (tertiary/aromatic N) is 1. The third kappa shape index (κ3) is 2.68. The molecule has 0 bridgehead atoms. The second-order valence-corrected chi connectivity index (χ2v) is 5.88. The first-order valence-corrected chi connectivity index (χ1v) is 7.25. The van der Waals surface area contributed by atoms with Gasteiger partial charge in [0.05, 0.1) is 23.2 Å². The zero-order chi connectivity index (χ0) is 13.2. The third-order valence-electron chi connectivity index (χ3n) is 3.36. The summed E-state index contributed by atoms with van der Waals surface area (Å²) in [4.78, 5) is 16.6. The van der Waals surface area contributed by atoms with Crippen molar-refractivity contribution in [2.45, 2.75) is 19.8 Å². The first-order valence-electron chi connectivity index (χ1n) is 6.37. The maximum absolute atomic E-state index is 12.3. The number of hydrogen-bond acceptors (Lipinski definition) is 4. The summed E-state index contributed by atoms with van der Waals surface area (Å²) in [5, 5.41) is 2.97. The van der Waals surface area contributed by atoms with Gasteiger partial charge in [-0.1, -0.05) is 18.2 Å². The number of carbonyl (C=O) groups is 1. The molecular weight excluding hydrogens is 258 g/mol. The predicted octanol–water partition coefficient (Wildman–Crippen LogP) is 2.81. The number of benzene rings is 1. The highest BCUT2D eigenvalue weighted by Crippen LogP contribution is 2.27. The number of rotatable bonds is 3. The third-order valence-corrected chi connectivity index (χ3v) is 4.18. The Bertz CT molecular complexity index is 606. The quantitative estimate of drug-likeness (QED) is 0.863. The molecule has 2 heterocycles. The minimum Gasteiger partial charge on any atom is -0.493 e. The summed E-state index contributed by atoms with van der Waals surface area (Å²) < 4.78 is 5.66. The van der Waals surface area contributed by atoms with Gasteiger partial charge in [-0.25, -0.2) is 4.98 Å². The van der Waals surface area contributed by atoms with E-state index in [2.05, 4.69) is 4.98 Å². The molecule has 1 aromatic heterocycles. The first kappa shape index (κ1) is 12.4. The molecule has 19 heavy (non-hydrogen) atoms. The lowest BCUT2D eigenvalue weighted by Crippen LogP contribution is -2.29. The van der Waals surface area contributed by atoms with Gasteiger partial charge in [0, 0.05) is 11.8 Å². The topological polar surface area (TPSA) is 39.2 Å². The second-order valence-electron chi connectivity index (χ2n) is 4.82. The van der Waals surface area contributed by atoms with Gasteiger partial charge in [0.2, 0.25) is 0 Å². The van der Waals surface area contributed by atoms with E-state index in [-0.39, 0.29) is 11.7 Å². The van der Waals surface area contributed by atoms with E-state index in [9.17, 15) is 4.79 Å². The lowest BCUT2D eigenvalue weighted by molar-refractivity contribution is -0.123. The molecule has 1 aliphatic rings. The summed E-state index contributed by atoms with van der Waals surface area (Å²) in [7, 11) is 0. The SMILES string of the molecule is Cc1nc(CC(=O)C2COc3ccccc3C2)cs1. The second kappa shape index (κ2) is 5.13. The molecule has 0 saturated heterocycles. The van der Waals surface area contributed by atoms with E-state index in [4.69, 9.17) is 4.74 Å². The molecule has 0 radical (unpaired) electrons. The van der Waals surface area contributed by atoms with Crippen LogP contribution < -0.4 is 4.74 Å². The molecule has 0 fully saturated rings. The van der Waals surface area contributed by atoms with E-state index in [1.165, 1.54) is 0 Å². The molecule has 0 aliphatic carbocycles. The van der Waals surface area contributed by atoms with Crippen LogP contribution in [0.1, 0.15) is 16.3 Å². The summed E-state index contributed by atoms with van der Waals surface area (Å²) in [5.74, 6) is 1.09. The van der Waals surface area contributed by atoms with E-state index in [0.717, 1.165) is 28.4 Å². The number of thiazole rings is 1. The maximum atomic E-state index is 12.3. The molecule has 1 atom stereocenters. The number of ketones is 1. The van der Waals surface area contributed by atoms with Crippen LogP contribution in [0.4, 0.5) is 0 Å². The van der Waals surface area contributed by atoms with Gasteiger partial charge in [-0.3, -0.25) is 4.79 Å². The molecule has 1 aromatic carbocycles. The maximum Gasteiger partial charge on any atom is 0.145 e. The molecule has 2 aromatic rings. The smallest absolute Gasteiger partial charge is 0.145 e. The molecular formula is C15H15NO2S. The van der Waals surface area contributed by atoms with E-state index in [0.29, 0.717) is 13.0 Å². The molecule has 0 spiro atoms.